The zero-order chi connectivity index (χ0) is 18.3. The Balaban J connectivity index is 0.00000338. The molecule has 0 radical (unpaired) electrons. The van der Waals surface area contributed by atoms with Crippen LogP contribution in [0.4, 0.5) is 0 Å². The van der Waals surface area contributed by atoms with Gasteiger partial charge in [-0.15, -0.1) is 24.0 Å². The normalized spacial score (nSPS) is 22.3. The second-order valence-electron chi connectivity index (χ2n) is 8.27. The van der Waals surface area contributed by atoms with E-state index < -0.39 is 0 Å². The zero-order valence-corrected chi connectivity index (χ0v) is 19.7. The van der Waals surface area contributed by atoms with Crippen molar-refractivity contribution < 1.29 is 4.74 Å². The molecule has 2 saturated heterocycles. The number of nitrogens with one attached hydrogen (secondary N) is 2. The highest BCUT2D eigenvalue weighted by Gasteiger charge is 2.35. The van der Waals surface area contributed by atoms with E-state index in [0.29, 0.717) is 6.04 Å². The molecule has 6 nitrogen and oxygen atoms in total. The van der Waals surface area contributed by atoms with Crippen LogP contribution in [0.2, 0.25) is 0 Å². The Morgan fingerprint density at radius 2 is 1.85 bits per heavy atom. The fourth-order valence-electron chi connectivity index (χ4n) is 3.95. The van der Waals surface area contributed by atoms with Crippen molar-refractivity contribution in [1.82, 2.24) is 20.4 Å². The number of hydrogen-bond acceptors (Lipinski definition) is 4. The maximum absolute atomic E-state index is 5.56. The summed E-state index contributed by atoms with van der Waals surface area (Å²) in [5.74, 6) is 1.69. The largest absolute Gasteiger partial charge is 0.381 e. The SMILES string of the molecule is CN=C(NCC1(N(C)C)CCOCC1)NC1CCN(CC(C)C)CC1.I. The molecule has 0 aromatic carbocycles. The minimum Gasteiger partial charge on any atom is -0.381 e. The van der Waals surface area contributed by atoms with Crippen molar-refractivity contribution in [3.63, 3.8) is 0 Å². The molecule has 7 heteroatoms. The molecule has 2 aliphatic heterocycles. The summed E-state index contributed by atoms with van der Waals surface area (Å²) in [6.45, 7) is 10.8. The second kappa shape index (κ2) is 11.7. The highest BCUT2D eigenvalue weighted by atomic mass is 127. The van der Waals surface area contributed by atoms with Gasteiger partial charge in [-0.2, -0.15) is 0 Å². The van der Waals surface area contributed by atoms with E-state index in [-0.39, 0.29) is 29.5 Å². The Morgan fingerprint density at radius 1 is 1.23 bits per heavy atom. The first-order valence-electron chi connectivity index (χ1n) is 9.90. The van der Waals surface area contributed by atoms with Gasteiger partial charge in [0.1, 0.15) is 0 Å². The first kappa shape index (κ1) is 23.9. The van der Waals surface area contributed by atoms with Crippen LogP contribution >= 0.6 is 24.0 Å². The molecule has 0 bridgehead atoms. The van der Waals surface area contributed by atoms with Gasteiger partial charge in [0.15, 0.2) is 5.96 Å². The zero-order valence-electron chi connectivity index (χ0n) is 17.4. The Bertz CT molecular complexity index is 416. The molecule has 0 aliphatic carbocycles. The molecule has 2 rings (SSSR count). The lowest BCUT2D eigenvalue weighted by Gasteiger charge is -2.43. The van der Waals surface area contributed by atoms with Crippen LogP contribution in [0.3, 0.4) is 0 Å². The van der Waals surface area contributed by atoms with Gasteiger partial charge >= 0.3 is 0 Å². The summed E-state index contributed by atoms with van der Waals surface area (Å²) in [4.78, 5) is 9.39. The van der Waals surface area contributed by atoms with Crippen molar-refractivity contribution in [2.75, 3.05) is 60.5 Å². The lowest BCUT2D eigenvalue weighted by molar-refractivity contribution is -0.00504. The minimum atomic E-state index is 0. The summed E-state index contributed by atoms with van der Waals surface area (Å²) in [5, 5.41) is 7.22. The smallest absolute Gasteiger partial charge is 0.191 e. The van der Waals surface area contributed by atoms with Crippen LogP contribution in [-0.2, 0) is 4.74 Å². The number of aliphatic imine (C=N–C) groups is 1. The molecule has 0 aromatic heterocycles. The van der Waals surface area contributed by atoms with E-state index in [1.807, 2.05) is 7.05 Å². The molecule has 154 valence electrons. The second-order valence-corrected chi connectivity index (χ2v) is 8.27. The Kier molecular flexibility index (Phi) is 10.7. The highest BCUT2D eigenvalue weighted by Crippen LogP contribution is 2.25. The molecule has 2 aliphatic rings. The summed E-state index contributed by atoms with van der Waals surface area (Å²) in [7, 11) is 6.22. The van der Waals surface area contributed by atoms with Crippen molar-refractivity contribution in [3.8, 4) is 0 Å². The van der Waals surface area contributed by atoms with Crippen LogP contribution in [0.15, 0.2) is 4.99 Å². The van der Waals surface area contributed by atoms with Gasteiger partial charge in [0.25, 0.3) is 0 Å². The summed E-state index contributed by atoms with van der Waals surface area (Å²) in [6, 6.07) is 0.527. The molecular weight excluding hydrogens is 441 g/mol. The number of likely N-dealkylation sites (N-methyl/N-ethyl adjacent to an activating group) is 1. The standard InChI is InChI=1S/C19H39N5O.HI/c1-16(2)14-24-10-6-17(7-11-24)22-18(20-3)21-15-19(23(4)5)8-12-25-13-9-19;/h16-17H,6-15H2,1-5H3,(H2,20,21,22);1H. The molecule has 0 spiro atoms. The number of guanidine groups is 1. The molecule has 0 aromatic rings. The number of rotatable bonds is 6. The predicted octanol–water partition coefficient (Wildman–Crippen LogP) is 2.00. The summed E-state index contributed by atoms with van der Waals surface area (Å²) < 4.78 is 5.56. The van der Waals surface area contributed by atoms with Gasteiger partial charge in [-0.05, 0) is 45.7 Å². The Hall–Kier alpha value is -0.120. The summed E-state index contributed by atoms with van der Waals surface area (Å²) in [5.41, 5.74) is 0.163. The lowest BCUT2D eigenvalue weighted by atomic mass is 9.88. The number of likely N-dealkylation sites (tertiary alicyclic amines) is 1. The first-order chi connectivity index (χ1) is 11.9. The Morgan fingerprint density at radius 3 is 2.35 bits per heavy atom. The van der Waals surface area contributed by atoms with E-state index >= 15 is 0 Å². The first-order valence-corrected chi connectivity index (χ1v) is 9.90. The van der Waals surface area contributed by atoms with Gasteiger partial charge < -0.3 is 25.2 Å². The monoisotopic (exact) mass is 481 g/mol. The third-order valence-corrected chi connectivity index (χ3v) is 5.73. The van der Waals surface area contributed by atoms with Crippen LogP contribution < -0.4 is 10.6 Å². The van der Waals surface area contributed by atoms with Gasteiger partial charge in [0.05, 0.1) is 0 Å². The Labute approximate surface area is 177 Å². The molecular formula is C19H40IN5O. The van der Waals surface area contributed by atoms with Crippen LogP contribution in [-0.4, -0.2) is 87.9 Å². The fourth-order valence-corrected chi connectivity index (χ4v) is 3.95. The number of piperidine rings is 1. The number of ether oxygens (including phenoxy) is 1. The number of halogens is 1. The molecule has 2 fully saturated rings. The van der Waals surface area contributed by atoms with Crippen molar-refractivity contribution in [2.45, 2.75) is 51.1 Å². The minimum absolute atomic E-state index is 0. The lowest BCUT2D eigenvalue weighted by Crippen LogP contribution is -2.58. The van der Waals surface area contributed by atoms with E-state index in [1.165, 1.54) is 32.5 Å². The van der Waals surface area contributed by atoms with Gasteiger partial charge in [0, 0.05) is 58.0 Å². The van der Waals surface area contributed by atoms with E-state index in [2.05, 4.69) is 53.4 Å². The molecule has 2 N–H and O–H groups in total. The molecule has 0 amide bonds. The quantitative estimate of drug-likeness (QED) is 0.346. The van der Waals surface area contributed by atoms with Crippen molar-refractivity contribution >= 4 is 29.9 Å². The maximum atomic E-state index is 5.56. The fraction of sp³-hybridized carbons (Fsp3) is 0.947. The molecule has 0 atom stereocenters. The van der Waals surface area contributed by atoms with Crippen molar-refractivity contribution in [3.05, 3.63) is 0 Å². The van der Waals surface area contributed by atoms with Crippen molar-refractivity contribution in [1.29, 1.82) is 0 Å². The van der Waals surface area contributed by atoms with Crippen LogP contribution in [0.25, 0.3) is 0 Å². The van der Waals surface area contributed by atoms with Crippen LogP contribution in [0.5, 0.6) is 0 Å². The van der Waals surface area contributed by atoms with Crippen LogP contribution in [0.1, 0.15) is 39.5 Å². The molecule has 26 heavy (non-hydrogen) atoms. The maximum Gasteiger partial charge on any atom is 0.191 e. The summed E-state index contributed by atoms with van der Waals surface area (Å²) in [6.07, 6.45) is 4.52. The van der Waals surface area contributed by atoms with E-state index in [4.69, 9.17) is 4.74 Å². The van der Waals surface area contributed by atoms with Crippen LogP contribution in [0, 0.1) is 5.92 Å². The van der Waals surface area contributed by atoms with Gasteiger partial charge in [0.2, 0.25) is 0 Å². The molecule has 0 unspecified atom stereocenters. The molecule has 0 saturated carbocycles. The average Bonchev–Trinajstić information content (AvgIpc) is 2.60. The van der Waals surface area contributed by atoms with Crippen molar-refractivity contribution in [2.24, 2.45) is 10.9 Å². The van der Waals surface area contributed by atoms with Gasteiger partial charge in [-0.1, -0.05) is 13.8 Å². The number of nitrogens with zero attached hydrogens (tertiary/aromatic N) is 3. The van der Waals surface area contributed by atoms with Gasteiger partial charge in [-0.25, -0.2) is 0 Å². The summed E-state index contributed by atoms with van der Waals surface area (Å²) >= 11 is 0. The highest BCUT2D eigenvalue weighted by molar-refractivity contribution is 14.0. The molecule has 2 heterocycles. The van der Waals surface area contributed by atoms with E-state index in [9.17, 15) is 0 Å². The van der Waals surface area contributed by atoms with E-state index in [1.54, 1.807) is 0 Å². The number of hydrogen-bond donors (Lipinski definition) is 2. The predicted molar refractivity (Wildman–Crippen MR) is 121 cm³/mol. The average molecular weight is 481 g/mol. The third kappa shape index (κ3) is 7.13. The third-order valence-electron chi connectivity index (χ3n) is 5.73. The van der Waals surface area contributed by atoms with E-state index in [0.717, 1.165) is 44.5 Å². The topological polar surface area (TPSA) is 52.1 Å². The van der Waals surface area contributed by atoms with Gasteiger partial charge in [-0.3, -0.25) is 4.99 Å².